The molecule has 4 nitrogen and oxygen atoms in total. The molecule has 2 aliphatic rings. The normalized spacial score (nSPS) is 32.5. The molecule has 2 aromatic rings. The Hall–Kier alpha value is -1.65. The van der Waals surface area contributed by atoms with Gasteiger partial charge in [-0.2, -0.15) is 0 Å². The lowest BCUT2D eigenvalue weighted by molar-refractivity contribution is -0.00690. The lowest BCUT2D eigenvalue weighted by atomic mass is 9.69. The van der Waals surface area contributed by atoms with E-state index in [4.69, 9.17) is 4.74 Å². The monoisotopic (exact) mass is 353 g/mol. The lowest BCUT2D eigenvalue weighted by Gasteiger charge is -2.40. The van der Waals surface area contributed by atoms with E-state index in [2.05, 4.69) is 52.1 Å². The number of benzene rings is 1. The van der Waals surface area contributed by atoms with Gasteiger partial charge in [-0.3, -0.25) is 0 Å². The molecule has 0 radical (unpaired) electrons. The fourth-order valence-corrected chi connectivity index (χ4v) is 4.72. The topological polar surface area (TPSA) is 39.1 Å². The summed E-state index contributed by atoms with van der Waals surface area (Å²) in [7, 11) is 2.05. The van der Waals surface area contributed by atoms with Crippen molar-refractivity contribution >= 4 is 0 Å². The van der Waals surface area contributed by atoms with Gasteiger partial charge in [-0.15, -0.1) is 0 Å². The first kappa shape index (κ1) is 17.7. The minimum atomic E-state index is 0.173. The Morgan fingerprint density at radius 3 is 2.58 bits per heavy atom. The van der Waals surface area contributed by atoms with Crippen molar-refractivity contribution in [3.8, 4) is 0 Å². The predicted octanol–water partition coefficient (Wildman–Crippen LogP) is 4.13. The van der Waals surface area contributed by atoms with E-state index in [0.29, 0.717) is 17.5 Å². The number of aromatic nitrogens is 2. The van der Waals surface area contributed by atoms with E-state index in [1.807, 2.05) is 19.6 Å². The van der Waals surface area contributed by atoms with Crippen molar-refractivity contribution in [2.75, 3.05) is 6.61 Å². The van der Waals surface area contributed by atoms with Gasteiger partial charge in [0.1, 0.15) is 6.10 Å². The van der Waals surface area contributed by atoms with Crippen LogP contribution in [0.15, 0.2) is 42.9 Å². The summed E-state index contributed by atoms with van der Waals surface area (Å²) in [6.07, 6.45) is 11.2. The Balaban J connectivity index is 1.32. The van der Waals surface area contributed by atoms with E-state index in [0.717, 1.165) is 19.4 Å². The van der Waals surface area contributed by atoms with Crippen molar-refractivity contribution in [1.29, 1.82) is 0 Å². The molecule has 1 saturated carbocycles. The molecule has 0 amide bonds. The predicted molar refractivity (Wildman–Crippen MR) is 104 cm³/mol. The zero-order chi connectivity index (χ0) is 18.0. The number of aryl methyl sites for hydroxylation is 1. The summed E-state index contributed by atoms with van der Waals surface area (Å²) in [6.45, 7) is 3.27. The van der Waals surface area contributed by atoms with Crippen LogP contribution in [-0.2, 0) is 17.2 Å². The summed E-state index contributed by atoms with van der Waals surface area (Å²) in [6, 6.07) is 12.2. The van der Waals surface area contributed by atoms with E-state index in [1.54, 1.807) is 0 Å². The van der Waals surface area contributed by atoms with Crippen LogP contribution in [0.1, 0.15) is 62.8 Å². The van der Waals surface area contributed by atoms with Crippen LogP contribution >= 0.6 is 0 Å². The SMILES string of the molecule is Cn1cncc1C1CC(NC2CCC(C)(c3ccccc3)CC2)CCO1. The molecule has 0 spiro atoms. The molecule has 4 heteroatoms. The van der Waals surface area contributed by atoms with Crippen LogP contribution in [0, 0.1) is 0 Å². The Labute approximate surface area is 157 Å². The zero-order valence-electron chi connectivity index (χ0n) is 16.0. The quantitative estimate of drug-likeness (QED) is 0.898. The molecule has 1 aliphatic heterocycles. The maximum atomic E-state index is 6.01. The molecule has 2 atom stereocenters. The molecule has 2 unspecified atom stereocenters. The van der Waals surface area contributed by atoms with Crippen molar-refractivity contribution in [2.45, 2.75) is 69.1 Å². The molecule has 26 heavy (non-hydrogen) atoms. The number of hydrogen-bond donors (Lipinski definition) is 1. The average Bonchev–Trinajstić information content (AvgIpc) is 3.11. The minimum absolute atomic E-state index is 0.173. The average molecular weight is 354 g/mol. The third-order valence-corrected chi connectivity index (χ3v) is 6.50. The maximum absolute atomic E-state index is 6.01. The number of rotatable bonds is 4. The van der Waals surface area contributed by atoms with E-state index in [1.165, 1.54) is 36.9 Å². The summed E-state index contributed by atoms with van der Waals surface area (Å²) in [5, 5.41) is 3.95. The van der Waals surface area contributed by atoms with Crippen LogP contribution in [0.4, 0.5) is 0 Å². The maximum Gasteiger partial charge on any atom is 0.100 e. The number of hydrogen-bond acceptors (Lipinski definition) is 3. The lowest BCUT2D eigenvalue weighted by Crippen LogP contribution is -2.45. The Kier molecular flexibility index (Phi) is 5.14. The highest BCUT2D eigenvalue weighted by Crippen LogP contribution is 2.39. The third kappa shape index (κ3) is 3.72. The van der Waals surface area contributed by atoms with Gasteiger partial charge in [0.15, 0.2) is 0 Å². The van der Waals surface area contributed by atoms with Gasteiger partial charge in [0.2, 0.25) is 0 Å². The molecule has 0 bridgehead atoms. The molecule has 1 aromatic carbocycles. The van der Waals surface area contributed by atoms with Gasteiger partial charge in [0.05, 0.1) is 18.2 Å². The Bertz CT molecular complexity index is 703. The van der Waals surface area contributed by atoms with E-state index < -0.39 is 0 Å². The van der Waals surface area contributed by atoms with Gasteiger partial charge < -0.3 is 14.6 Å². The Morgan fingerprint density at radius 1 is 1.12 bits per heavy atom. The van der Waals surface area contributed by atoms with Crippen molar-refractivity contribution in [3.05, 3.63) is 54.1 Å². The zero-order valence-corrected chi connectivity index (χ0v) is 16.0. The molecular weight excluding hydrogens is 322 g/mol. The van der Waals surface area contributed by atoms with Crippen molar-refractivity contribution < 1.29 is 4.74 Å². The number of nitrogens with one attached hydrogen (secondary N) is 1. The molecule has 1 aromatic heterocycles. The number of nitrogens with zero attached hydrogens (tertiary/aromatic N) is 2. The largest absolute Gasteiger partial charge is 0.372 e. The van der Waals surface area contributed by atoms with Crippen LogP contribution < -0.4 is 5.32 Å². The van der Waals surface area contributed by atoms with E-state index in [-0.39, 0.29) is 6.10 Å². The van der Waals surface area contributed by atoms with Crippen molar-refractivity contribution in [3.63, 3.8) is 0 Å². The second-order valence-electron chi connectivity index (χ2n) is 8.38. The molecule has 1 saturated heterocycles. The van der Waals surface area contributed by atoms with Gasteiger partial charge in [-0.25, -0.2) is 4.98 Å². The molecule has 140 valence electrons. The van der Waals surface area contributed by atoms with Crippen molar-refractivity contribution in [1.82, 2.24) is 14.9 Å². The fourth-order valence-electron chi connectivity index (χ4n) is 4.72. The van der Waals surface area contributed by atoms with Gasteiger partial charge >= 0.3 is 0 Å². The van der Waals surface area contributed by atoms with Crippen LogP contribution in [0.3, 0.4) is 0 Å². The fraction of sp³-hybridized carbons (Fsp3) is 0.591. The number of imidazole rings is 1. The molecule has 1 aliphatic carbocycles. The summed E-state index contributed by atoms with van der Waals surface area (Å²) >= 11 is 0. The highest BCUT2D eigenvalue weighted by Gasteiger charge is 2.34. The van der Waals surface area contributed by atoms with E-state index in [9.17, 15) is 0 Å². The molecule has 1 N–H and O–H groups in total. The molecular formula is C22H31N3O. The Morgan fingerprint density at radius 2 is 1.88 bits per heavy atom. The summed E-state index contributed by atoms with van der Waals surface area (Å²) in [5.41, 5.74) is 3.03. The first-order chi connectivity index (χ1) is 12.6. The standard InChI is InChI=1S/C22H31N3O/c1-22(17-6-4-3-5-7-17)11-8-18(9-12-22)24-19-10-13-26-21(14-19)20-15-23-16-25(20)2/h3-7,15-16,18-19,21,24H,8-14H2,1-2H3. The first-order valence-corrected chi connectivity index (χ1v) is 10.0. The van der Waals surface area contributed by atoms with Crippen LogP contribution in [0.25, 0.3) is 0 Å². The summed E-state index contributed by atoms with van der Waals surface area (Å²) in [5.74, 6) is 0. The highest BCUT2D eigenvalue weighted by molar-refractivity contribution is 5.25. The van der Waals surface area contributed by atoms with Crippen molar-refractivity contribution in [2.24, 2.45) is 7.05 Å². The third-order valence-electron chi connectivity index (χ3n) is 6.50. The van der Waals surface area contributed by atoms with Gasteiger partial charge in [-0.05, 0) is 49.5 Å². The minimum Gasteiger partial charge on any atom is -0.372 e. The van der Waals surface area contributed by atoms with Crippen LogP contribution in [-0.4, -0.2) is 28.2 Å². The van der Waals surface area contributed by atoms with Gasteiger partial charge in [-0.1, -0.05) is 37.3 Å². The molecule has 2 heterocycles. The second-order valence-corrected chi connectivity index (χ2v) is 8.38. The smallest absolute Gasteiger partial charge is 0.100 e. The highest BCUT2D eigenvalue weighted by atomic mass is 16.5. The summed E-state index contributed by atoms with van der Waals surface area (Å²) in [4.78, 5) is 4.24. The van der Waals surface area contributed by atoms with Crippen LogP contribution in [0.2, 0.25) is 0 Å². The second kappa shape index (κ2) is 7.53. The molecule has 4 rings (SSSR count). The summed E-state index contributed by atoms with van der Waals surface area (Å²) < 4.78 is 8.09. The van der Waals surface area contributed by atoms with Gasteiger partial charge in [0.25, 0.3) is 0 Å². The van der Waals surface area contributed by atoms with Crippen LogP contribution in [0.5, 0.6) is 0 Å². The van der Waals surface area contributed by atoms with E-state index >= 15 is 0 Å². The van der Waals surface area contributed by atoms with Gasteiger partial charge in [0, 0.05) is 25.7 Å². The number of ether oxygens (including phenoxy) is 1. The molecule has 2 fully saturated rings. The first-order valence-electron chi connectivity index (χ1n) is 10.0.